The zero-order chi connectivity index (χ0) is 21.8. The molecule has 2 aromatic carbocycles. The molecule has 6 atom stereocenters. The molecule has 2 amide bonds. The van der Waals surface area contributed by atoms with Crippen LogP contribution in [-0.2, 0) is 14.3 Å². The van der Waals surface area contributed by atoms with Gasteiger partial charge in [0.05, 0.1) is 23.6 Å². The summed E-state index contributed by atoms with van der Waals surface area (Å²) >= 11 is 0. The molecule has 0 aromatic heterocycles. The highest BCUT2D eigenvalue weighted by atomic mass is 16.6. The number of fused-ring (bicyclic) bond motifs is 3. The van der Waals surface area contributed by atoms with Crippen molar-refractivity contribution >= 4 is 17.5 Å². The van der Waals surface area contributed by atoms with Crippen LogP contribution >= 0.6 is 0 Å². The van der Waals surface area contributed by atoms with E-state index in [2.05, 4.69) is 0 Å². The number of rotatable bonds is 4. The Kier molecular flexibility index (Phi) is 4.87. The monoisotopic (exact) mass is 421 g/mol. The van der Waals surface area contributed by atoms with Crippen LogP contribution in [0.1, 0.15) is 44.3 Å². The normalized spacial score (nSPS) is 34.6. The van der Waals surface area contributed by atoms with Crippen molar-refractivity contribution in [2.75, 3.05) is 4.90 Å². The van der Waals surface area contributed by atoms with E-state index in [9.17, 15) is 19.8 Å². The quantitative estimate of drug-likeness (QED) is 0.734. The summed E-state index contributed by atoms with van der Waals surface area (Å²) in [6.07, 6.45) is 1.83. The van der Waals surface area contributed by atoms with Gasteiger partial charge in [-0.15, -0.1) is 0 Å². The van der Waals surface area contributed by atoms with Gasteiger partial charge in [0.1, 0.15) is 5.75 Å². The van der Waals surface area contributed by atoms with Crippen molar-refractivity contribution in [3.8, 4) is 5.75 Å². The maximum absolute atomic E-state index is 13.5. The maximum Gasteiger partial charge on any atom is 0.238 e. The number of para-hydroxylation sites is 2. The number of hydrogen-bond acceptors (Lipinski definition) is 5. The van der Waals surface area contributed by atoms with Crippen molar-refractivity contribution in [2.24, 2.45) is 23.7 Å². The molecule has 162 valence electrons. The molecule has 6 nitrogen and oxygen atoms in total. The zero-order valence-corrected chi connectivity index (χ0v) is 17.5. The number of carbonyl (C=O) groups is 2. The van der Waals surface area contributed by atoms with E-state index in [1.165, 1.54) is 4.90 Å². The highest BCUT2D eigenvalue weighted by Crippen LogP contribution is 2.59. The molecular weight excluding hydrogens is 394 g/mol. The molecular formula is C25H27NO5. The maximum atomic E-state index is 13.5. The Morgan fingerprint density at radius 2 is 1.74 bits per heavy atom. The second-order valence-corrected chi connectivity index (χ2v) is 8.96. The van der Waals surface area contributed by atoms with Gasteiger partial charge >= 0.3 is 0 Å². The number of hydrogen-bond donors (Lipinski definition) is 2. The first-order valence-electron chi connectivity index (χ1n) is 11.1. The summed E-state index contributed by atoms with van der Waals surface area (Å²) in [5, 5.41) is 22.1. The molecule has 0 bridgehead atoms. The van der Waals surface area contributed by atoms with E-state index >= 15 is 0 Å². The van der Waals surface area contributed by atoms with Gasteiger partial charge in [-0.05, 0) is 37.5 Å². The van der Waals surface area contributed by atoms with Gasteiger partial charge in [-0.25, -0.2) is 0 Å². The van der Waals surface area contributed by atoms with Gasteiger partial charge in [0.2, 0.25) is 11.8 Å². The minimum Gasteiger partial charge on any atom is -0.508 e. The van der Waals surface area contributed by atoms with E-state index in [4.69, 9.17) is 4.74 Å². The molecule has 2 aliphatic heterocycles. The molecule has 0 unspecified atom stereocenters. The van der Waals surface area contributed by atoms with Crippen molar-refractivity contribution in [2.45, 2.75) is 44.5 Å². The molecule has 2 N–H and O–H groups in total. The lowest BCUT2D eigenvalue weighted by atomic mass is 9.63. The number of carbonyl (C=O) groups excluding carboxylic acids is 2. The summed E-state index contributed by atoms with van der Waals surface area (Å²) in [6.45, 7) is 2.04. The molecule has 0 spiro atoms. The van der Waals surface area contributed by atoms with Crippen molar-refractivity contribution in [3.63, 3.8) is 0 Å². The number of imide groups is 1. The standard InChI is InChI=1S/C25H27NO5/c1-2-8-15-13-18-22(24(29)26(23(18)28)16-9-4-3-5-10-16)19-14-21(31-25(15,19)30)17-11-6-7-12-20(17)27/h3-7,9-12,15,18-19,21-22,27,30H,2,8,13-14H2,1H3/t15-,18-,19-,21-,22-,25+/m0/s1. The van der Waals surface area contributed by atoms with Gasteiger partial charge in [0.15, 0.2) is 5.79 Å². The predicted molar refractivity (Wildman–Crippen MR) is 114 cm³/mol. The summed E-state index contributed by atoms with van der Waals surface area (Å²) in [4.78, 5) is 28.1. The van der Waals surface area contributed by atoms with E-state index in [1.807, 2.05) is 19.1 Å². The van der Waals surface area contributed by atoms with E-state index in [-0.39, 0.29) is 23.5 Å². The lowest BCUT2D eigenvalue weighted by Crippen LogP contribution is -2.53. The van der Waals surface area contributed by atoms with E-state index in [0.29, 0.717) is 30.5 Å². The predicted octanol–water partition coefficient (Wildman–Crippen LogP) is 3.78. The van der Waals surface area contributed by atoms with Gasteiger partial charge < -0.3 is 14.9 Å². The van der Waals surface area contributed by atoms with Crippen molar-refractivity contribution in [1.82, 2.24) is 0 Å². The number of phenols is 1. The molecule has 0 radical (unpaired) electrons. The average molecular weight is 421 g/mol. The molecule has 1 saturated carbocycles. The third-order valence-electron chi connectivity index (χ3n) is 7.30. The number of benzene rings is 2. The summed E-state index contributed by atoms with van der Waals surface area (Å²) in [7, 11) is 0. The SMILES string of the molecule is CCC[C@H]1C[C@@H]2C(=O)N(c3ccccc3)C(=O)[C@@H]2[C@@H]2C[C@@H](c3ccccc3O)O[C@]12O. The smallest absolute Gasteiger partial charge is 0.238 e. The first-order chi connectivity index (χ1) is 15.0. The van der Waals surface area contributed by atoms with Crippen molar-refractivity contribution < 1.29 is 24.5 Å². The van der Waals surface area contributed by atoms with Crippen LogP contribution in [0.2, 0.25) is 0 Å². The second kappa shape index (κ2) is 7.46. The third kappa shape index (κ3) is 3.00. The molecule has 2 aromatic rings. The Morgan fingerprint density at radius 3 is 2.45 bits per heavy atom. The first-order valence-corrected chi connectivity index (χ1v) is 11.1. The summed E-state index contributed by atoms with van der Waals surface area (Å²) in [5.41, 5.74) is 1.17. The van der Waals surface area contributed by atoms with Gasteiger partial charge in [-0.3, -0.25) is 14.5 Å². The number of nitrogens with zero attached hydrogens (tertiary/aromatic N) is 1. The lowest BCUT2D eigenvalue weighted by Gasteiger charge is -2.44. The van der Waals surface area contributed by atoms with Crippen LogP contribution in [0.5, 0.6) is 5.75 Å². The summed E-state index contributed by atoms with van der Waals surface area (Å²) < 4.78 is 6.23. The number of anilines is 1. The van der Waals surface area contributed by atoms with Gasteiger partial charge in [-0.2, -0.15) is 0 Å². The topological polar surface area (TPSA) is 87.1 Å². The average Bonchev–Trinajstić information content (AvgIpc) is 3.24. The molecule has 2 heterocycles. The van der Waals surface area contributed by atoms with Crippen LogP contribution in [0.25, 0.3) is 0 Å². The van der Waals surface area contributed by atoms with Crippen LogP contribution in [0, 0.1) is 23.7 Å². The Hall–Kier alpha value is -2.70. The van der Waals surface area contributed by atoms with E-state index < -0.39 is 29.6 Å². The van der Waals surface area contributed by atoms with Crippen LogP contribution in [0.3, 0.4) is 0 Å². The highest BCUT2D eigenvalue weighted by Gasteiger charge is 2.66. The minimum absolute atomic E-state index is 0.109. The van der Waals surface area contributed by atoms with Crippen LogP contribution in [0.15, 0.2) is 54.6 Å². The zero-order valence-electron chi connectivity index (χ0n) is 17.5. The fourth-order valence-electron chi connectivity index (χ4n) is 5.95. The van der Waals surface area contributed by atoms with Gasteiger partial charge in [0, 0.05) is 17.4 Å². The second-order valence-electron chi connectivity index (χ2n) is 8.96. The van der Waals surface area contributed by atoms with E-state index in [1.54, 1.807) is 42.5 Å². The Morgan fingerprint density at radius 1 is 1.03 bits per heavy atom. The fourth-order valence-corrected chi connectivity index (χ4v) is 5.95. The van der Waals surface area contributed by atoms with E-state index in [0.717, 1.165) is 6.42 Å². The molecule has 2 saturated heterocycles. The number of ether oxygens (including phenoxy) is 1. The van der Waals surface area contributed by atoms with Crippen LogP contribution in [0.4, 0.5) is 5.69 Å². The van der Waals surface area contributed by atoms with Crippen molar-refractivity contribution in [3.05, 3.63) is 60.2 Å². The van der Waals surface area contributed by atoms with Crippen LogP contribution in [-0.4, -0.2) is 27.8 Å². The number of phenolic OH excluding ortho intramolecular Hbond substituents is 1. The third-order valence-corrected chi connectivity index (χ3v) is 7.30. The van der Waals surface area contributed by atoms with Crippen LogP contribution < -0.4 is 4.90 Å². The fraction of sp³-hybridized carbons (Fsp3) is 0.440. The first kappa shape index (κ1) is 20.2. The largest absolute Gasteiger partial charge is 0.508 e. The Labute approximate surface area is 181 Å². The minimum atomic E-state index is -1.49. The molecule has 1 aliphatic carbocycles. The summed E-state index contributed by atoms with van der Waals surface area (Å²) in [6, 6.07) is 15.9. The van der Waals surface area contributed by atoms with Crippen molar-refractivity contribution in [1.29, 1.82) is 0 Å². The van der Waals surface area contributed by atoms with Gasteiger partial charge in [-0.1, -0.05) is 49.7 Å². The number of aromatic hydroxyl groups is 1. The molecule has 3 fully saturated rings. The highest BCUT2D eigenvalue weighted by molar-refractivity contribution is 6.22. The number of amides is 2. The molecule has 5 rings (SSSR count). The Balaban J connectivity index is 1.54. The molecule has 31 heavy (non-hydrogen) atoms. The molecule has 3 aliphatic rings. The summed E-state index contributed by atoms with van der Waals surface area (Å²) in [5.74, 6) is -3.66. The number of aliphatic hydroxyl groups is 1. The lowest BCUT2D eigenvalue weighted by molar-refractivity contribution is -0.270. The Bertz CT molecular complexity index is 1010. The van der Waals surface area contributed by atoms with Gasteiger partial charge in [0.25, 0.3) is 0 Å². The molecule has 6 heteroatoms.